The number of benzene rings is 2. The van der Waals surface area contributed by atoms with Gasteiger partial charge < -0.3 is 24.1 Å². The van der Waals surface area contributed by atoms with Crippen molar-refractivity contribution in [1.29, 1.82) is 0 Å². The van der Waals surface area contributed by atoms with Crippen molar-refractivity contribution in [3.05, 3.63) is 88.0 Å². The van der Waals surface area contributed by atoms with Crippen LogP contribution in [0.4, 0.5) is 0 Å². The first-order valence-corrected chi connectivity index (χ1v) is 21.1. The number of amides is 1. The number of aryl methyl sites for hydroxylation is 1. The van der Waals surface area contributed by atoms with Gasteiger partial charge >= 0.3 is 5.97 Å². The molecule has 9 rings (SSSR count). The Hall–Kier alpha value is -4.62. The number of cyclic esters (lactones) is 1. The summed E-state index contributed by atoms with van der Waals surface area (Å²) in [5.41, 5.74) is 10.8. The third kappa shape index (κ3) is 6.84. The summed E-state index contributed by atoms with van der Waals surface area (Å²) in [5.74, 6) is 0.835. The van der Waals surface area contributed by atoms with E-state index in [1.54, 1.807) is 30.6 Å². The summed E-state index contributed by atoms with van der Waals surface area (Å²) in [6.07, 6.45) is 4.84. The molecule has 1 spiro atoms. The highest BCUT2D eigenvalue weighted by Crippen LogP contribution is 2.54. The predicted molar refractivity (Wildman–Crippen MR) is 221 cm³/mol. The Balaban J connectivity index is 1.17. The number of pyridine rings is 1. The monoisotopic (exact) mass is 788 g/mol. The van der Waals surface area contributed by atoms with Crippen molar-refractivity contribution < 1.29 is 23.8 Å². The lowest BCUT2D eigenvalue weighted by Gasteiger charge is -2.37. The van der Waals surface area contributed by atoms with E-state index in [0.717, 1.165) is 81.2 Å². The van der Waals surface area contributed by atoms with Gasteiger partial charge in [-0.05, 0) is 98.9 Å². The molecule has 5 aromatic rings. The number of rotatable bonds is 8. The second kappa shape index (κ2) is 14.6. The summed E-state index contributed by atoms with van der Waals surface area (Å²) < 4.78 is 19.8. The van der Waals surface area contributed by atoms with Crippen molar-refractivity contribution in [2.75, 3.05) is 27.4 Å². The lowest BCUT2D eigenvalue weighted by molar-refractivity contribution is -0.155. The van der Waals surface area contributed by atoms with Crippen molar-refractivity contribution in [2.24, 2.45) is 17.3 Å². The molecule has 2 saturated carbocycles. The van der Waals surface area contributed by atoms with E-state index >= 15 is 0 Å². The average molecular weight is 789 g/mol. The Morgan fingerprint density at radius 3 is 2.65 bits per heavy atom. The van der Waals surface area contributed by atoms with Crippen LogP contribution in [0.1, 0.15) is 74.9 Å². The van der Waals surface area contributed by atoms with Crippen LogP contribution in [0.3, 0.4) is 0 Å². The molecule has 0 radical (unpaired) electrons. The van der Waals surface area contributed by atoms with E-state index in [1.165, 1.54) is 5.56 Å². The minimum atomic E-state index is -0.583. The number of hydrogen-bond donors (Lipinski definition) is 2. The van der Waals surface area contributed by atoms with Gasteiger partial charge in [-0.2, -0.15) is 0 Å². The lowest BCUT2D eigenvalue weighted by atomic mass is 9.84. The van der Waals surface area contributed by atoms with Crippen LogP contribution in [0.2, 0.25) is 0 Å². The summed E-state index contributed by atoms with van der Waals surface area (Å²) in [6, 6.07) is 17.6. The van der Waals surface area contributed by atoms with E-state index in [2.05, 4.69) is 65.7 Å². The fourth-order valence-corrected chi connectivity index (χ4v) is 10.3. The number of esters is 1. The van der Waals surface area contributed by atoms with Crippen LogP contribution in [0.25, 0.3) is 33.4 Å². The van der Waals surface area contributed by atoms with Crippen LogP contribution in [0.15, 0.2) is 66.2 Å². The highest BCUT2D eigenvalue weighted by molar-refractivity contribution is 7.10. The van der Waals surface area contributed by atoms with Gasteiger partial charge in [0.2, 0.25) is 0 Å². The summed E-state index contributed by atoms with van der Waals surface area (Å²) in [7, 11) is 3.37. The molecule has 2 N–H and O–H groups in total. The fraction of sp³-hybridized carbons (Fsp3) is 0.467. The SMILES string of the molecule is CCn1c(-c2cccnc2[C@H](C)OC)c2c3cc(ccc31)-c1csc(n1)C1(CC1)C(NCc1ccc(OC)cc1)C(=O)N1CC3CC3[C@H](N1)C(=O)OCC(C)(C)C2. The number of hydrogen-bond acceptors (Lipinski definition) is 10. The molecule has 2 aliphatic heterocycles. The number of aromatic nitrogens is 3. The highest BCUT2D eigenvalue weighted by atomic mass is 32.1. The van der Waals surface area contributed by atoms with Gasteiger partial charge in [-0.25, -0.2) is 10.4 Å². The first-order chi connectivity index (χ1) is 27.5. The molecule has 3 unspecified atom stereocenters. The summed E-state index contributed by atoms with van der Waals surface area (Å²) in [6.45, 7) is 10.6. The van der Waals surface area contributed by atoms with Crippen molar-refractivity contribution >= 4 is 34.1 Å². The molecule has 6 bridgehead atoms. The molecular formula is C45H52N6O5S. The van der Waals surface area contributed by atoms with E-state index in [9.17, 15) is 9.59 Å². The van der Waals surface area contributed by atoms with Gasteiger partial charge in [0.15, 0.2) is 0 Å². The number of carbonyl (C=O) groups excluding carboxylic acids is 2. The molecule has 5 heterocycles. The maximum absolute atomic E-state index is 14.8. The number of fused-ring (bicyclic) bond motifs is 9. The molecule has 12 heteroatoms. The Kier molecular flexibility index (Phi) is 9.74. The molecular weight excluding hydrogens is 737 g/mol. The second-order valence-corrected chi connectivity index (χ2v) is 18.0. The zero-order valence-corrected chi connectivity index (χ0v) is 34.4. The topological polar surface area (TPSA) is 120 Å². The van der Waals surface area contributed by atoms with Crippen LogP contribution in [-0.2, 0) is 44.0 Å². The van der Waals surface area contributed by atoms with Gasteiger partial charge in [-0.15, -0.1) is 11.3 Å². The maximum Gasteiger partial charge on any atom is 0.325 e. The Bertz CT molecular complexity index is 2330. The number of thiazole rings is 1. The van der Waals surface area contributed by atoms with Gasteiger partial charge in [-0.1, -0.05) is 32.0 Å². The first-order valence-electron chi connectivity index (χ1n) is 20.2. The fourth-order valence-electron chi connectivity index (χ4n) is 9.19. The third-order valence-electron chi connectivity index (χ3n) is 12.7. The molecule has 2 aromatic carbocycles. The summed E-state index contributed by atoms with van der Waals surface area (Å²) in [4.78, 5) is 39.1. The average Bonchev–Trinajstić information content (AvgIpc) is 4.13. The molecule has 4 aliphatic rings. The molecule has 2 aliphatic carbocycles. The van der Waals surface area contributed by atoms with E-state index < -0.39 is 22.9 Å². The minimum absolute atomic E-state index is 0.0561. The largest absolute Gasteiger partial charge is 0.497 e. The van der Waals surface area contributed by atoms with E-state index in [-0.39, 0.29) is 36.4 Å². The van der Waals surface area contributed by atoms with Gasteiger partial charge in [0.25, 0.3) is 5.91 Å². The molecule has 1 amide bonds. The van der Waals surface area contributed by atoms with Crippen LogP contribution in [-0.4, -0.2) is 70.9 Å². The molecule has 5 atom stereocenters. The van der Waals surface area contributed by atoms with Gasteiger partial charge in [0.1, 0.15) is 22.8 Å². The predicted octanol–water partition coefficient (Wildman–Crippen LogP) is 7.23. The molecule has 57 heavy (non-hydrogen) atoms. The van der Waals surface area contributed by atoms with E-state index in [0.29, 0.717) is 19.5 Å². The molecule has 3 fully saturated rings. The number of carbonyl (C=O) groups is 2. The number of nitrogens with zero attached hydrogens (tertiary/aromatic N) is 4. The summed E-state index contributed by atoms with van der Waals surface area (Å²) >= 11 is 1.63. The highest BCUT2D eigenvalue weighted by Gasteiger charge is 2.59. The third-order valence-corrected chi connectivity index (χ3v) is 13.8. The molecule has 11 nitrogen and oxygen atoms in total. The Morgan fingerprint density at radius 2 is 1.91 bits per heavy atom. The van der Waals surface area contributed by atoms with E-state index in [1.807, 2.05) is 43.5 Å². The van der Waals surface area contributed by atoms with Crippen molar-refractivity contribution in [3.63, 3.8) is 0 Å². The van der Waals surface area contributed by atoms with Crippen LogP contribution >= 0.6 is 11.3 Å². The Labute approximate surface area is 338 Å². The van der Waals surface area contributed by atoms with Crippen molar-refractivity contribution in [2.45, 2.75) is 90.1 Å². The minimum Gasteiger partial charge on any atom is -0.497 e. The van der Waals surface area contributed by atoms with E-state index in [4.69, 9.17) is 24.2 Å². The molecule has 3 aromatic heterocycles. The zero-order chi connectivity index (χ0) is 39.6. The molecule has 1 saturated heterocycles. The smallest absolute Gasteiger partial charge is 0.325 e. The van der Waals surface area contributed by atoms with Crippen molar-refractivity contribution in [1.82, 2.24) is 30.3 Å². The molecule has 298 valence electrons. The summed E-state index contributed by atoms with van der Waals surface area (Å²) in [5, 5.41) is 9.63. The van der Waals surface area contributed by atoms with Crippen LogP contribution in [0, 0.1) is 17.3 Å². The first kappa shape index (κ1) is 37.9. The number of ether oxygens (including phenoxy) is 3. The lowest BCUT2D eigenvalue weighted by Crippen LogP contribution is -2.62. The maximum atomic E-state index is 14.8. The Morgan fingerprint density at radius 1 is 1.11 bits per heavy atom. The standard InChI is InChI=1S/C45H52N6O5S/c1-7-50-36-15-12-28-19-33(36)34(39(50)31-9-8-18-46-37(31)26(2)54-5)21-44(3,4)25-56-42(53)38-32-20-29(32)23-51(49-38)41(52)40(45(16-17-45)43-48-35(28)24-57-43)47-22-27-10-13-30(55-6)14-11-27/h8-15,18-19,24,26,29,32,38,40,47,49H,7,16-17,20-23,25H2,1-6H3/t26-,29?,32?,38-,40?/m0/s1. The van der Waals surface area contributed by atoms with Gasteiger partial charge in [0, 0.05) is 71.2 Å². The van der Waals surface area contributed by atoms with Crippen LogP contribution < -0.4 is 15.5 Å². The number of methoxy groups -OCH3 is 2. The quantitative estimate of drug-likeness (QED) is 0.157. The number of hydrazine groups is 1. The van der Waals surface area contributed by atoms with Crippen molar-refractivity contribution in [3.8, 4) is 28.3 Å². The zero-order valence-electron chi connectivity index (χ0n) is 33.6. The van der Waals surface area contributed by atoms with Crippen LogP contribution in [0.5, 0.6) is 5.75 Å². The number of nitrogens with one attached hydrogen (secondary N) is 2. The van der Waals surface area contributed by atoms with Gasteiger partial charge in [-0.3, -0.25) is 19.6 Å². The normalized spacial score (nSPS) is 24.1. The van der Waals surface area contributed by atoms with Gasteiger partial charge in [0.05, 0.1) is 36.9 Å². The second-order valence-electron chi connectivity index (χ2n) is 17.1.